The highest BCUT2D eigenvalue weighted by Crippen LogP contribution is 2.13. The Hall–Kier alpha value is -4.28. The smallest absolute Gasteiger partial charge is 0.322 e. The molecule has 4 heterocycles. The van der Waals surface area contributed by atoms with Crippen molar-refractivity contribution in [2.24, 2.45) is 0 Å². The first-order valence-corrected chi connectivity index (χ1v) is 16.4. The van der Waals surface area contributed by atoms with Crippen molar-refractivity contribution in [3.05, 3.63) is 107 Å². The van der Waals surface area contributed by atoms with E-state index < -0.39 is 0 Å². The molecule has 2 saturated heterocycles. The molecule has 0 unspecified atom stereocenters. The molecule has 0 spiro atoms. The number of hydrogen-bond donors (Lipinski definition) is 0. The lowest BCUT2D eigenvalue weighted by atomic mass is 10.1. The van der Waals surface area contributed by atoms with Crippen molar-refractivity contribution in [2.45, 2.75) is 53.6 Å². The quantitative estimate of drug-likeness (QED) is 0.305. The SMILES string of the molecule is Cc1ccc(CN2CCCN(C(=O)n3cc(C)cn3)CC2)cc1.Cc1ccc(CN2CCCN(C(=O)n3cc(C)cn3)CC2)cc1. The van der Waals surface area contributed by atoms with Gasteiger partial charge in [0.05, 0.1) is 12.4 Å². The van der Waals surface area contributed by atoms with Crippen LogP contribution in [-0.4, -0.2) is 104 Å². The maximum absolute atomic E-state index is 12.5. The van der Waals surface area contributed by atoms with E-state index in [9.17, 15) is 9.59 Å². The Morgan fingerprint density at radius 1 is 0.522 bits per heavy atom. The van der Waals surface area contributed by atoms with E-state index >= 15 is 0 Å². The number of nitrogens with zero attached hydrogens (tertiary/aromatic N) is 8. The molecule has 0 bridgehead atoms. The summed E-state index contributed by atoms with van der Waals surface area (Å²) < 4.78 is 2.90. The standard InChI is InChI=1S/2C18H24N4O/c2*1-15-4-6-17(7-5-15)14-20-8-3-9-21(11-10-20)18(23)22-13-16(2)12-19-22/h2*4-7,12-13H,3,8-11,14H2,1-2H3. The van der Waals surface area contributed by atoms with E-state index in [4.69, 9.17) is 0 Å². The Labute approximate surface area is 273 Å². The van der Waals surface area contributed by atoms with Gasteiger partial charge in [0.2, 0.25) is 0 Å². The van der Waals surface area contributed by atoms with Gasteiger partial charge < -0.3 is 9.80 Å². The lowest BCUT2D eigenvalue weighted by Gasteiger charge is -2.21. The summed E-state index contributed by atoms with van der Waals surface area (Å²) in [7, 11) is 0. The third kappa shape index (κ3) is 9.37. The van der Waals surface area contributed by atoms with Crippen LogP contribution in [0.4, 0.5) is 9.59 Å². The normalized spacial score (nSPS) is 16.3. The number of hydrogen-bond acceptors (Lipinski definition) is 6. The van der Waals surface area contributed by atoms with Gasteiger partial charge in [0, 0.05) is 77.8 Å². The predicted octanol–water partition coefficient (Wildman–Crippen LogP) is 5.35. The van der Waals surface area contributed by atoms with Crippen molar-refractivity contribution in [1.29, 1.82) is 0 Å². The second-order valence-corrected chi connectivity index (χ2v) is 12.7. The molecule has 0 radical (unpaired) electrons. The second kappa shape index (κ2) is 15.8. The van der Waals surface area contributed by atoms with Crippen LogP contribution in [-0.2, 0) is 13.1 Å². The van der Waals surface area contributed by atoms with Crippen LogP contribution in [0.25, 0.3) is 0 Å². The molecule has 6 rings (SSSR count). The van der Waals surface area contributed by atoms with E-state index in [1.165, 1.54) is 31.6 Å². The highest BCUT2D eigenvalue weighted by molar-refractivity contribution is 5.76. The topological polar surface area (TPSA) is 82.7 Å². The van der Waals surface area contributed by atoms with Crippen molar-refractivity contribution in [3.63, 3.8) is 0 Å². The van der Waals surface area contributed by atoms with E-state index in [0.717, 1.165) is 89.4 Å². The predicted molar refractivity (Wildman–Crippen MR) is 181 cm³/mol. The van der Waals surface area contributed by atoms with Gasteiger partial charge in [-0.3, -0.25) is 9.80 Å². The number of amides is 2. The number of carbonyl (C=O) groups is 2. The molecule has 0 atom stereocenters. The average Bonchev–Trinajstić information content (AvgIpc) is 3.52. The Bertz CT molecular complexity index is 1440. The number of aromatic nitrogens is 4. The second-order valence-electron chi connectivity index (χ2n) is 12.7. The van der Waals surface area contributed by atoms with Gasteiger partial charge in [-0.2, -0.15) is 19.6 Å². The van der Waals surface area contributed by atoms with Crippen LogP contribution < -0.4 is 0 Å². The minimum Gasteiger partial charge on any atom is -0.322 e. The molecule has 46 heavy (non-hydrogen) atoms. The Morgan fingerprint density at radius 3 is 1.26 bits per heavy atom. The van der Waals surface area contributed by atoms with Crippen molar-refractivity contribution in [1.82, 2.24) is 39.2 Å². The first kappa shape index (κ1) is 33.1. The molecule has 0 saturated carbocycles. The summed E-state index contributed by atoms with van der Waals surface area (Å²) in [5, 5.41) is 8.26. The van der Waals surface area contributed by atoms with E-state index in [1.54, 1.807) is 24.8 Å². The van der Waals surface area contributed by atoms with Crippen molar-refractivity contribution in [2.75, 3.05) is 52.4 Å². The van der Waals surface area contributed by atoms with Crippen LogP contribution in [0.3, 0.4) is 0 Å². The minimum absolute atomic E-state index is 0.0183. The summed E-state index contributed by atoms with van der Waals surface area (Å²) in [5.41, 5.74) is 7.26. The molecule has 2 aromatic carbocycles. The number of benzene rings is 2. The van der Waals surface area contributed by atoms with Gasteiger partial charge in [0.25, 0.3) is 0 Å². The van der Waals surface area contributed by atoms with E-state index in [0.29, 0.717) is 0 Å². The number of carbonyl (C=O) groups excluding carboxylic acids is 2. The van der Waals surface area contributed by atoms with Gasteiger partial charge in [0.1, 0.15) is 0 Å². The van der Waals surface area contributed by atoms with Gasteiger partial charge in [-0.05, 0) is 62.8 Å². The first-order chi connectivity index (χ1) is 22.2. The zero-order valence-corrected chi connectivity index (χ0v) is 27.8. The molecule has 2 aromatic heterocycles. The fourth-order valence-corrected chi connectivity index (χ4v) is 5.87. The zero-order valence-electron chi connectivity index (χ0n) is 27.8. The maximum atomic E-state index is 12.5. The molecule has 2 amide bonds. The monoisotopic (exact) mass is 624 g/mol. The summed E-state index contributed by atoms with van der Waals surface area (Å²) in [4.78, 5) is 33.6. The van der Waals surface area contributed by atoms with Crippen LogP contribution >= 0.6 is 0 Å². The van der Waals surface area contributed by atoms with Crippen LogP contribution in [0.15, 0.2) is 73.3 Å². The Kier molecular flexibility index (Phi) is 11.4. The van der Waals surface area contributed by atoms with Gasteiger partial charge in [-0.25, -0.2) is 9.59 Å². The Balaban J connectivity index is 0.000000181. The molecular formula is C36H48N8O2. The molecule has 0 aliphatic carbocycles. The van der Waals surface area contributed by atoms with E-state index in [-0.39, 0.29) is 12.1 Å². The molecule has 244 valence electrons. The number of aryl methyl sites for hydroxylation is 4. The van der Waals surface area contributed by atoms with Crippen molar-refractivity contribution < 1.29 is 9.59 Å². The molecule has 2 aliphatic heterocycles. The fraction of sp³-hybridized carbons (Fsp3) is 0.444. The van der Waals surface area contributed by atoms with Crippen molar-refractivity contribution >= 4 is 12.1 Å². The molecule has 0 N–H and O–H groups in total. The molecule has 4 aromatic rings. The van der Waals surface area contributed by atoms with E-state index in [2.05, 4.69) is 82.4 Å². The highest BCUT2D eigenvalue weighted by atomic mass is 16.2. The van der Waals surface area contributed by atoms with Gasteiger partial charge in [0.15, 0.2) is 0 Å². The molecule has 2 fully saturated rings. The van der Waals surface area contributed by atoms with Gasteiger partial charge in [-0.1, -0.05) is 59.7 Å². The number of rotatable bonds is 4. The first-order valence-electron chi connectivity index (χ1n) is 16.4. The molecular weight excluding hydrogens is 576 g/mol. The maximum Gasteiger partial charge on any atom is 0.344 e. The van der Waals surface area contributed by atoms with Gasteiger partial charge >= 0.3 is 12.1 Å². The largest absolute Gasteiger partial charge is 0.344 e. The lowest BCUT2D eigenvalue weighted by Crippen LogP contribution is -2.38. The van der Waals surface area contributed by atoms with Crippen LogP contribution in [0.1, 0.15) is 46.2 Å². The summed E-state index contributed by atoms with van der Waals surface area (Å²) >= 11 is 0. The average molecular weight is 625 g/mol. The van der Waals surface area contributed by atoms with Gasteiger partial charge in [-0.15, -0.1) is 0 Å². The highest BCUT2D eigenvalue weighted by Gasteiger charge is 2.22. The molecule has 10 nitrogen and oxygen atoms in total. The molecule has 2 aliphatic rings. The summed E-state index contributed by atoms with van der Waals surface area (Å²) in [6, 6.07) is 17.3. The zero-order chi connectivity index (χ0) is 32.5. The molecule has 10 heteroatoms. The third-order valence-electron chi connectivity index (χ3n) is 8.59. The van der Waals surface area contributed by atoms with Crippen LogP contribution in [0.2, 0.25) is 0 Å². The van der Waals surface area contributed by atoms with E-state index in [1.807, 2.05) is 23.6 Å². The lowest BCUT2D eigenvalue weighted by molar-refractivity contribution is 0.195. The summed E-state index contributed by atoms with van der Waals surface area (Å²) in [6.45, 7) is 17.0. The summed E-state index contributed by atoms with van der Waals surface area (Å²) in [6.07, 6.45) is 9.02. The fourth-order valence-electron chi connectivity index (χ4n) is 5.87. The van der Waals surface area contributed by atoms with Crippen LogP contribution in [0.5, 0.6) is 0 Å². The third-order valence-corrected chi connectivity index (χ3v) is 8.59. The minimum atomic E-state index is -0.0183. The Morgan fingerprint density at radius 2 is 0.913 bits per heavy atom. The summed E-state index contributed by atoms with van der Waals surface area (Å²) in [5.74, 6) is 0. The van der Waals surface area contributed by atoms with Crippen LogP contribution in [0, 0.1) is 27.7 Å². The van der Waals surface area contributed by atoms with Crippen molar-refractivity contribution in [3.8, 4) is 0 Å².